The maximum atomic E-state index is 12.3. The van der Waals surface area contributed by atoms with Crippen LogP contribution < -0.4 is 10.1 Å². The molecular weight excluding hydrogens is 284 g/mol. The van der Waals surface area contributed by atoms with Crippen LogP contribution in [-0.4, -0.2) is 35.1 Å². The number of carbonyl (C=O) groups is 2. The van der Waals surface area contributed by atoms with Crippen molar-refractivity contribution in [1.82, 2.24) is 10.3 Å². The summed E-state index contributed by atoms with van der Waals surface area (Å²) in [7, 11) is 1.56. The third kappa shape index (κ3) is 3.39. The highest BCUT2D eigenvalue weighted by atomic mass is 16.5. The molecule has 0 aliphatic carbocycles. The van der Waals surface area contributed by atoms with E-state index in [1.54, 1.807) is 19.2 Å². The zero-order valence-electron chi connectivity index (χ0n) is 12.8. The van der Waals surface area contributed by atoms with Crippen LogP contribution in [0.2, 0.25) is 0 Å². The van der Waals surface area contributed by atoms with Crippen LogP contribution in [0.25, 0.3) is 10.9 Å². The lowest BCUT2D eigenvalue weighted by Crippen LogP contribution is -2.41. The van der Waals surface area contributed by atoms with E-state index in [0.717, 1.165) is 10.9 Å². The van der Waals surface area contributed by atoms with Crippen molar-refractivity contribution in [3.63, 3.8) is 0 Å². The van der Waals surface area contributed by atoms with Gasteiger partial charge in [-0.3, -0.25) is 4.79 Å². The fraction of sp³-hybridized carbons (Fsp3) is 0.375. The second kappa shape index (κ2) is 6.51. The second-order valence-corrected chi connectivity index (χ2v) is 5.60. The van der Waals surface area contributed by atoms with Gasteiger partial charge in [0.2, 0.25) is 0 Å². The maximum absolute atomic E-state index is 12.3. The molecule has 0 spiro atoms. The molecule has 0 bridgehead atoms. The molecule has 6 nitrogen and oxygen atoms in total. The average molecular weight is 304 g/mol. The van der Waals surface area contributed by atoms with Crippen molar-refractivity contribution in [3.8, 4) is 5.75 Å². The van der Waals surface area contributed by atoms with Crippen molar-refractivity contribution < 1.29 is 19.4 Å². The molecule has 3 N–H and O–H groups in total. The van der Waals surface area contributed by atoms with Gasteiger partial charge in [0.25, 0.3) is 5.91 Å². The van der Waals surface area contributed by atoms with Gasteiger partial charge in [0.1, 0.15) is 17.5 Å². The number of carbonyl (C=O) groups excluding carboxylic acids is 1. The SMILES string of the molecule is COc1cccc2[nH]c(C(=O)N[C@H](CC(C)C)C(=O)O)cc12. The molecule has 1 atom stereocenters. The number of carboxylic acid groups (broad SMARTS) is 1. The quantitative estimate of drug-likeness (QED) is 0.764. The van der Waals surface area contributed by atoms with Gasteiger partial charge < -0.3 is 20.1 Å². The minimum absolute atomic E-state index is 0.171. The summed E-state index contributed by atoms with van der Waals surface area (Å²) in [6, 6.07) is 6.21. The van der Waals surface area contributed by atoms with E-state index in [0.29, 0.717) is 17.9 Å². The molecule has 0 aliphatic rings. The number of aromatic amines is 1. The Morgan fingerprint density at radius 3 is 2.68 bits per heavy atom. The van der Waals surface area contributed by atoms with Crippen molar-refractivity contribution in [2.45, 2.75) is 26.3 Å². The minimum atomic E-state index is -1.03. The number of benzene rings is 1. The van der Waals surface area contributed by atoms with E-state index in [4.69, 9.17) is 4.74 Å². The van der Waals surface area contributed by atoms with Gasteiger partial charge in [-0.15, -0.1) is 0 Å². The number of hydrogen-bond donors (Lipinski definition) is 3. The Bertz CT molecular complexity index is 691. The molecule has 1 aromatic carbocycles. The summed E-state index contributed by atoms with van der Waals surface area (Å²) in [6.07, 6.45) is 0.380. The lowest BCUT2D eigenvalue weighted by Gasteiger charge is -2.15. The van der Waals surface area contributed by atoms with E-state index in [1.165, 1.54) is 0 Å². The smallest absolute Gasteiger partial charge is 0.326 e. The Morgan fingerprint density at radius 2 is 2.09 bits per heavy atom. The van der Waals surface area contributed by atoms with Gasteiger partial charge in [0.15, 0.2) is 0 Å². The molecule has 1 aromatic heterocycles. The van der Waals surface area contributed by atoms with Crippen molar-refractivity contribution in [1.29, 1.82) is 0 Å². The van der Waals surface area contributed by atoms with Crippen molar-refractivity contribution in [2.24, 2.45) is 5.92 Å². The Kier molecular flexibility index (Phi) is 4.70. The predicted molar refractivity (Wildman–Crippen MR) is 83.2 cm³/mol. The van der Waals surface area contributed by atoms with Gasteiger partial charge in [-0.25, -0.2) is 4.79 Å². The summed E-state index contributed by atoms with van der Waals surface area (Å²) in [5, 5.41) is 12.5. The predicted octanol–water partition coefficient (Wildman–Crippen LogP) is 2.41. The second-order valence-electron chi connectivity index (χ2n) is 5.60. The van der Waals surface area contributed by atoms with Crippen LogP contribution in [0.3, 0.4) is 0 Å². The van der Waals surface area contributed by atoms with Crippen LogP contribution in [0.1, 0.15) is 30.8 Å². The summed E-state index contributed by atoms with van der Waals surface area (Å²) >= 11 is 0. The van der Waals surface area contributed by atoms with Crippen LogP contribution in [0.15, 0.2) is 24.3 Å². The number of hydrogen-bond acceptors (Lipinski definition) is 3. The molecular formula is C16H20N2O4. The summed E-state index contributed by atoms with van der Waals surface area (Å²) in [6.45, 7) is 3.83. The topological polar surface area (TPSA) is 91.4 Å². The Balaban J connectivity index is 2.23. The first-order chi connectivity index (χ1) is 10.4. The van der Waals surface area contributed by atoms with Crippen LogP contribution in [0, 0.1) is 5.92 Å². The molecule has 0 radical (unpaired) electrons. The summed E-state index contributed by atoms with van der Waals surface area (Å²) < 4.78 is 5.25. The molecule has 0 fully saturated rings. The first-order valence-electron chi connectivity index (χ1n) is 7.11. The first-order valence-corrected chi connectivity index (χ1v) is 7.11. The highest BCUT2D eigenvalue weighted by Crippen LogP contribution is 2.26. The van der Waals surface area contributed by atoms with E-state index < -0.39 is 17.9 Å². The van der Waals surface area contributed by atoms with Gasteiger partial charge in [0, 0.05) is 10.9 Å². The van der Waals surface area contributed by atoms with E-state index in [1.807, 2.05) is 26.0 Å². The number of ether oxygens (including phenoxy) is 1. The fourth-order valence-corrected chi connectivity index (χ4v) is 2.36. The highest BCUT2D eigenvalue weighted by molar-refractivity contribution is 6.00. The third-order valence-electron chi connectivity index (χ3n) is 3.40. The number of methoxy groups -OCH3 is 1. The Morgan fingerprint density at radius 1 is 1.36 bits per heavy atom. The van der Waals surface area contributed by atoms with E-state index in [9.17, 15) is 14.7 Å². The molecule has 118 valence electrons. The van der Waals surface area contributed by atoms with Crippen molar-refractivity contribution in [2.75, 3.05) is 7.11 Å². The molecule has 2 aromatic rings. The van der Waals surface area contributed by atoms with E-state index in [-0.39, 0.29) is 5.92 Å². The molecule has 0 saturated heterocycles. The fourth-order valence-electron chi connectivity index (χ4n) is 2.36. The lowest BCUT2D eigenvalue weighted by molar-refractivity contribution is -0.139. The number of fused-ring (bicyclic) bond motifs is 1. The summed E-state index contributed by atoms with van der Waals surface area (Å²) in [5.74, 6) is -0.643. The molecule has 0 unspecified atom stereocenters. The molecule has 22 heavy (non-hydrogen) atoms. The van der Waals surface area contributed by atoms with Crippen molar-refractivity contribution in [3.05, 3.63) is 30.0 Å². The van der Waals surface area contributed by atoms with Crippen molar-refractivity contribution >= 4 is 22.8 Å². The van der Waals surface area contributed by atoms with E-state index >= 15 is 0 Å². The van der Waals surface area contributed by atoms with E-state index in [2.05, 4.69) is 10.3 Å². The van der Waals surface area contributed by atoms with Gasteiger partial charge in [0.05, 0.1) is 7.11 Å². The Labute approximate surface area is 128 Å². The number of amides is 1. The van der Waals surface area contributed by atoms with Gasteiger partial charge in [-0.1, -0.05) is 19.9 Å². The van der Waals surface area contributed by atoms with Crippen LogP contribution >= 0.6 is 0 Å². The molecule has 0 saturated carbocycles. The number of H-pyrrole nitrogens is 1. The Hall–Kier alpha value is -2.50. The average Bonchev–Trinajstić information content (AvgIpc) is 2.89. The summed E-state index contributed by atoms with van der Waals surface area (Å²) in [5.41, 5.74) is 1.08. The highest BCUT2D eigenvalue weighted by Gasteiger charge is 2.22. The van der Waals surface area contributed by atoms with Gasteiger partial charge in [-0.2, -0.15) is 0 Å². The minimum Gasteiger partial charge on any atom is -0.496 e. The van der Waals surface area contributed by atoms with Crippen LogP contribution in [0.4, 0.5) is 0 Å². The third-order valence-corrected chi connectivity index (χ3v) is 3.40. The van der Waals surface area contributed by atoms with Crippen LogP contribution in [-0.2, 0) is 4.79 Å². The van der Waals surface area contributed by atoms with Gasteiger partial charge in [-0.05, 0) is 30.5 Å². The number of carboxylic acids is 1. The van der Waals surface area contributed by atoms with Crippen LogP contribution in [0.5, 0.6) is 5.75 Å². The molecule has 1 heterocycles. The standard InChI is InChI=1S/C16H20N2O4/c1-9(2)7-13(16(20)21)18-15(19)12-8-10-11(17-12)5-4-6-14(10)22-3/h4-6,8-9,13,17H,7H2,1-3H3,(H,18,19)(H,20,21)/t13-/m1/s1. The summed E-state index contributed by atoms with van der Waals surface area (Å²) in [4.78, 5) is 26.5. The number of nitrogens with one attached hydrogen (secondary N) is 2. The normalized spacial score (nSPS) is 12.4. The first kappa shape index (κ1) is 15.9. The number of aromatic nitrogens is 1. The van der Waals surface area contributed by atoms with Gasteiger partial charge >= 0.3 is 5.97 Å². The number of rotatable bonds is 6. The monoisotopic (exact) mass is 304 g/mol. The molecule has 2 rings (SSSR count). The molecule has 6 heteroatoms. The largest absolute Gasteiger partial charge is 0.496 e. The lowest BCUT2D eigenvalue weighted by atomic mass is 10.0. The number of aliphatic carboxylic acids is 1. The maximum Gasteiger partial charge on any atom is 0.326 e. The zero-order chi connectivity index (χ0) is 16.3. The molecule has 1 amide bonds. The molecule has 0 aliphatic heterocycles. The zero-order valence-corrected chi connectivity index (χ0v) is 12.8.